The Hall–Kier alpha value is -2.61. The van der Waals surface area contributed by atoms with Gasteiger partial charge in [-0.05, 0) is 40.7 Å². The van der Waals surface area contributed by atoms with E-state index in [-0.39, 0.29) is 23.6 Å². The fraction of sp³-hybridized carbons (Fsp3) is 0.571. The van der Waals surface area contributed by atoms with Gasteiger partial charge in [-0.1, -0.05) is 0 Å². The van der Waals surface area contributed by atoms with Crippen LogP contribution in [0.2, 0.25) is 0 Å². The van der Waals surface area contributed by atoms with Crippen LogP contribution in [0.1, 0.15) is 40.4 Å². The molecular weight excluding hydrogens is 372 g/mol. The average Bonchev–Trinajstić information content (AvgIpc) is 2.65. The molecule has 0 saturated heterocycles. The molecule has 8 heteroatoms. The van der Waals surface area contributed by atoms with E-state index in [1.54, 1.807) is 19.2 Å². The number of benzene rings is 1. The smallest absolute Gasteiger partial charge is 0.278 e. The summed E-state index contributed by atoms with van der Waals surface area (Å²) in [5, 5.41) is 0.436. The first-order chi connectivity index (χ1) is 13.7. The first-order valence-corrected chi connectivity index (χ1v) is 10.0. The lowest BCUT2D eigenvalue weighted by molar-refractivity contribution is -0.905. The summed E-state index contributed by atoms with van der Waals surface area (Å²) in [5.41, 5.74) is 0.299. The van der Waals surface area contributed by atoms with Crippen LogP contribution in [0, 0.1) is 0 Å². The van der Waals surface area contributed by atoms with Crippen LogP contribution < -0.4 is 19.9 Å². The van der Waals surface area contributed by atoms with Crippen molar-refractivity contribution in [3.05, 3.63) is 28.3 Å². The Balaban J connectivity index is 2.29. The Morgan fingerprint density at radius 1 is 1.14 bits per heavy atom. The van der Waals surface area contributed by atoms with Gasteiger partial charge in [0.1, 0.15) is 6.54 Å². The third-order valence-corrected chi connectivity index (χ3v) is 4.98. The van der Waals surface area contributed by atoms with Gasteiger partial charge in [0, 0.05) is 18.2 Å². The molecule has 1 unspecified atom stereocenters. The number of ether oxygens (including phenoxy) is 2. The normalized spacial score (nSPS) is 12.4. The lowest BCUT2D eigenvalue weighted by atomic mass is 10.2. The van der Waals surface area contributed by atoms with Crippen molar-refractivity contribution < 1.29 is 19.2 Å². The van der Waals surface area contributed by atoms with Crippen LogP contribution in [0.5, 0.6) is 11.5 Å². The highest BCUT2D eigenvalue weighted by Gasteiger charge is 2.24. The van der Waals surface area contributed by atoms with Crippen LogP contribution in [0.15, 0.2) is 16.9 Å². The summed E-state index contributed by atoms with van der Waals surface area (Å²) >= 11 is 0. The number of aromatic nitrogens is 2. The topological polar surface area (TPSA) is 89.0 Å². The number of H-pyrrole nitrogens is 1. The van der Waals surface area contributed by atoms with E-state index in [2.05, 4.69) is 9.97 Å². The van der Waals surface area contributed by atoms with E-state index in [0.29, 0.717) is 41.3 Å². The van der Waals surface area contributed by atoms with E-state index >= 15 is 0 Å². The summed E-state index contributed by atoms with van der Waals surface area (Å²) in [4.78, 5) is 35.7. The van der Waals surface area contributed by atoms with Crippen molar-refractivity contribution in [2.45, 2.75) is 53.2 Å². The number of rotatable bonds is 9. The third-order valence-electron chi connectivity index (χ3n) is 4.98. The summed E-state index contributed by atoms with van der Waals surface area (Å²) in [5.74, 6) is 1.64. The van der Waals surface area contributed by atoms with Gasteiger partial charge in [0.25, 0.3) is 11.5 Å². The summed E-state index contributed by atoms with van der Waals surface area (Å²) in [7, 11) is 3.07. The molecule has 2 aromatic rings. The molecule has 1 amide bonds. The van der Waals surface area contributed by atoms with Crippen LogP contribution in [0.4, 0.5) is 0 Å². The molecule has 0 spiro atoms. The number of carbonyl (C=O) groups is 1. The van der Waals surface area contributed by atoms with Gasteiger partial charge in [0.15, 0.2) is 23.9 Å². The van der Waals surface area contributed by atoms with Crippen molar-refractivity contribution in [3.63, 3.8) is 0 Å². The highest BCUT2D eigenvalue weighted by atomic mass is 16.5. The number of aromatic amines is 1. The first-order valence-electron chi connectivity index (χ1n) is 10.0. The molecule has 0 saturated carbocycles. The summed E-state index contributed by atoms with van der Waals surface area (Å²) < 4.78 is 10.6. The van der Waals surface area contributed by atoms with Gasteiger partial charge in [0.2, 0.25) is 0 Å². The fourth-order valence-electron chi connectivity index (χ4n) is 3.62. The average molecular weight is 406 g/mol. The number of methoxy groups -OCH3 is 2. The van der Waals surface area contributed by atoms with Crippen molar-refractivity contribution in [2.75, 3.05) is 27.3 Å². The molecule has 0 aliphatic rings. The largest absolute Gasteiger partial charge is 0.493 e. The van der Waals surface area contributed by atoms with Crippen LogP contribution in [-0.4, -0.2) is 60.2 Å². The zero-order chi connectivity index (χ0) is 21.7. The number of hydrogen-bond donors (Lipinski definition) is 2. The molecule has 1 atom stereocenters. The Morgan fingerprint density at radius 3 is 2.24 bits per heavy atom. The predicted molar refractivity (Wildman–Crippen MR) is 113 cm³/mol. The van der Waals surface area contributed by atoms with Crippen LogP contribution in [0.25, 0.3) is 10.9 Å². The minimum atomic E-state index is -0.237. The molecule has 29 heavy (non-hydrogen) atoms. The van der Waals surface area contributed by atoms with Crippen LogP contribution in [-0.2, 0) is 11.3 Å². The van der Waals surface area contributed by atoms with E-state index in [0.717, 1.165) is 11.4 Å². The minimum Gasteiger partial charge on any atom is -0.493 e. The Bertz CT molecular complexity index is 899. The number of amides is 1. The monoisotopic (exact) mass is 405 g/mol. The molecule has 0 radical (unpaired) electrons. The van der Waals surface area contributed by atoms with Crippen LogP contribution in [0.3, 0.4) is 0 Å². The molecule has 0 bridgehead atoms. The molecule has 0 aliphatic heterocycles. The lowest BCUT2D eigenvalue weighted by Crippen LogP contribution is -3.11. The minimum absolute atomic E-state index is 0.0985. The van der Waals surface area contributed by atoms with Gasteiger partial charge in [-0.2, -0.15) is 0 Å². The zero-order valence-corrected chi connectivity index (χ0v) is 18.5. The fourth-order valence-corrected chi connectivity index (χ4v) is 3.62. The highest BCUT2D eigenvalue weighted by molar-refractivity contribution is 5.81. The SMILES string of the molecule is CC[NH+](CC(=O)N(C(C)C)C(C)C)Cc1nc2cc(OC)c(OC)cc2c(=O)[nH]1. The van der Waals surface area contributed by atoms with Gasteiger partial charge in [-0.3, -0.25) is 9.59 Å². The van der Waals surface area contributed by atoms with Crippen molar-refractivity contribution in [2.24, 2.45) is 0 Å². The number of hydrogen-bond acceptors (Lipinski definition) is 5. The summed E-state index contributed by atoms with van der Waals surface area (Å²) in [6, 6.07) is 3.60. The Morgan fingerprint density at radius 2 is 1.72 bits per heavy atom. The number of fused-ring (bicyclic) bond motifs is 1. The molecule has 0 fully saturated rings. The van der Waals surface area contributed by atoms with E-state index in [1.165, 1.54) is 7.11 Å². The molecule has 1 aromatic carbocycles. The van der Waals surface area contributed by atoms with E-state index in [9.17, 15) is 9.59 Å². The van der Waals surface area contributed by atoms with Crippen molar-refractivity contribution >= 4 is 16.8 Å². The number of nitrogens with zero attached hydrogens (tertiary/aromatic N) is 2. The molecule has 2 rings (SSSR count). The molecule has 160 valence electrons. The molecule has 1 aromatic heterocycles. The van der Waals surface area contributed by atoms with Gasteiger partial charge in [-0.25, -0.2) is 4.98 Å². The van der Waals surface area contributed by atoms with Crippen LogP contribution >= 0.6 is 0 Å². The molecule has 2 N–H and O–H groups in total. The number of quaternary nitrogens is 1. The highest BCUT2D eigenvalue weighted by Crippen LogP contribution is 2.29. The molecule has 1 heterocycles. The lowest BCUT2D eigenvalue weighted by Gasteiger charge is -2.31. The predicted octanol–water partition coefficient (Wildman–Crippen LogP) is 0.991. The van der Waals surface area contributed by atoms with Gasteiger partial charge >= 0.3 is 0 Å². The summed E-state index contributed by atoms with van der Waals surface area (Å²) in [6.07, 6.45) is 0. The van der Waals surface area contributed by atoms with Gasteiger partial charge < -0.3 is 24.3 Å². The Labute approximate surface area is 171 Å². The van der Waals surface area contributed by atoms with Gasteiger partial charge in [-0.15, -0.1) is 0 Å². The standard InChI is InChI=1S/C21H32N4O4/c1-8-24(12-20(26)25(13(2)3)14(4)5)11-19-22-16-10-18(29-7)17(28-6)9-15(16)21(27)23-19/h9-10,13-14H,8,11-12H2,1-7H3,(H,22,23,27)/p+1. The Kier molecular flexibility index (Phi) is 7.61. The maximum Gasteiger partial charge on any atom is 0.278 e. The summed E-state index contributed by atoms with van der Waals surface area (Å²) in [6.45, 7) is 11.6. The first kappa shape index (κ1) is 22.7. The maximum absolute atomic E-state index is 12.8. The van der Waals surface area contributed by atoms with Gasteiger partial charge in [0.05, 0.1) is 31.7 Å². The number of likely N-dealkylation sites (N-methyl/N-ethyl adjacent to an activating group) is 1. The van der Waals surface area contributed by atoms with Crippen molar-refractivity contribution in [1.82, 2.24) is 14.9 Å². The second kappa shape index (κ2) is 9.73. The third kappa shape index (κ3) is 5.26. The molecule has 0 aliphatic carbocycles. The van der Waals surface area contributed by atoms with E-state index in [4.69, 9.17) is 9.47 Å². The van der Waals surface area contributed by atoms with Crippen molar-refractivity contribution in [1.29, 1.82) is 0 Å². The molecular formula is C21H33N4O4+. The van der Waals surface area contributed by atoms with Crippen molar-refractivity contribution in [3.8, 4) is 11.5 Å². The second-order valence-electron chi connectivity index (χ2n) is 7.68. The van der Waals surface area contributed by atoms with E-state index < -0.39 is 0 Å². The number of carbonyl (C=O) groups excluding carboxylic acids is 1. The molecule has 8 nitrogen and oxygen atoms in total. The second-order valence-corrected chi connectivity index (χ2v) is 7.68. The maximum atomic E-state index is 12.8. The quantitative estimate of drug-likeness (QED) is 0.650. The van der Waals surface area contributed by atoms with E-state index in [1.807, 2.05) is 39.5 Å². The zero-order valence-electron chi connectivity index (χ0n) is 18.5. The number of nitrogens with one attached hydrogen (secondary N) is 2.